The quantitative estimate of drug-likeness (QED) is 0.353. The molecule has 0 aliphatic rings. The zero-order valence-corrected chi connectivity index (χ0v) is 6.25. The van der Waals surface area contributed by atoms with Gasteiger partial charge in [-0.3, -0.25) is 0 Å². The van der Waals surface area contributed by atoms with Crippen molar-refractivity contribution in [3.05, 3.63) is 11.4 Å². The normalized spacial score (nSPS) is 8.73. The molecule has 0 amide bonds. The molecule has 0 spiro atoms. The minimum absolute atomic E-state index is 0.111. The van der Waals surface area contributed by atoms with Crippen molar-refractivity contribution in [2.24, 2.45) is 0 Å². The fourth-order valence-electron chi connectivity index (χ4n) is 0.510. The Morgan fingerprint density at radius 1 is 1.55 bits per heavy atom. The van der Waals surface area contributed by atoms with E-state index in [1.807, 2.05) is 0 Å². The number of hydrogen-bond donors (Lipinski definition) is 1. The van der Waals surface area contributed by atoms with Crippen LogP contribution in [0.5, 0.6) is 0 Å². The number of ether oxygens (including phenoxy) is 1. The van der Waals surface area contributed by atoms with E-state index >= 15 is 0 Å². The molecule has 0 heterocycles. The molecule has 0 aromatic rings. The summed E-state index contributed by atoms with van der Waals surface area (Å²) in [4.78, 5) is 13.4. The van der Waals surface area contributed by atoms with Crippen molar-refractivity contribution < 1.29 is 14.6 Å². The summed E-state index contributed by atoms with van der Waals surface area (Å²) in [6.07, 6.45) is 1.28. The first-order valence-electron chi connectivity index (χ1n) is 3.41. The summed E-state index contributed by atoms with van der Waals surface area (Å²) >= 11 is 0. The van der Waals surface area contributed by atoms with E-state index < -0.39 is 5.97 Å². The highest BCUT2D eigenvalue weighted by molar-refractivity contribution is 5.73. The second-order valence-electron chi connectivity index (χ2n) is 1.97. The number of nitrogens with zero attached hydrogens (tertiary/aromatic N) is 1. The molecule has 0 aliphatic heterocycles. The molecule has 1 N–H and O–H groups in total. The molecule has 0 aromatic carbocycles. The van der Waals surface area contributed by atoms with Crippen molar-refractivity contribution in [2.45, 2.75) is 12.8 Å². The molecule has 0 fully saturated rings. The van der Waals surface area contributed by atoms with E-state index in [0.29, 0.717) is 19.4 Å². The molecule has 0 saturated carbocycles. The van der Waals surface area contributed by atoms with Crippen LogP contribution in [0.1, 0.15) is 12.8 Å². The van der Waals surface area contributed by atoms with Gasteiger partial charge in [0.2, 0.25) is 0 Å². The summed E-state index contributed by atoms with van der Waals surface area (Å²) in [5, 5.41) is 8.35. The fourth-order valence-corrected chi connectivity index (χ4v) is 0.510. The van der Waals surface area contributed by atoms with Gasteiger partial charge in [0, 0.05) is 6.61 Å². The third kappa shape index (κ3) is 6.81. The molecule has 0 atom stereocenters. The van der Waals surface area contributed by atoms with Crippen molar-refractivity contribution in [1.82, 2.24) is 0 Å². The minimum atomic E-state index is -0.488. The van der Waals surface area contributed by atoms with Gasteiger partial charge in [0.25, 0.3) is 0 Å². The lowest BCUT2D eigenvalue weighted by molar-refractivity contribution is -0.141. The van der Waals surface area contributed by atoms with E-state index in [0.717, 1.165) is 0 Å². The number of hydrogen-bond acceptors (Lipinski definition) is 3. The third-order valence-corrected chi connectivity index (χ3v) is 1.02. The first-order chi connectivity index (χ1) is 5.31. The van der Waals surface area contributed by atoms with E-state index in [2.05, 4.69) is 9.58 Å². The molecule has 0 bridgehead atoms. The maximum absolute atomic E-state index is 10.5. The first kappa shape index (κ1) is 9.92. The van der Waals surface area contributed by atoms with Crippen LogP contribution in [-0.2, 0) is 9.53 Å². The summed E-state index contributed by atoms with van der Waals surface area (Å²) in [7, 11) is 0. The summed E-state index contributed by atoms with van der Waals surface area (Å²) < 4.78 is 4.62. The van der Waals surface area contributed by atoms with Crippen LogP contribution in [0.4, 0.5) is 0 Å². The van der Waals surface area contributed by atoms with Gasteiger partial charge in [0.05, 0.1) is 6.61 Å². The lowest BCUT2D eigenvalue weighted by Gasteiger charge is -1.98. The summed E-state index contributed by atoms with van der Waals surface area (Å²) in [6, 6.07) is 0. The average molecular weight is 157 g/mol. The standard InChI is InChI=1S/C7H11NO3/c1-8-6-7(10)11-5-3-2-4-9/h9H,2-6H2. The number of rotatable bonds is 5. The van der Waals surface area contributed by atoms with Gasteiger partial charge in [0.1, 0.15) is 0 Å². The van der Waals surface area contributed by atoms with E-state index in [1.165, 1.54) is 0 Å². The number of esters is 1. The molecular weight excluding hydrogens is 146 g/mol. The largest absolute Gasteiger partial charge is 0.460 e. The number of aliphatic hydroxyl groups excluding tert-OH is 1. The maximum atomic E-state index is 10.5. The van der Waals surface area contributed by atoms with Crippen LogP contribution in [0.3, 0.4) is 0 Å². The van der Waals surface area contributed by atoms with Crippen LogP contribution in [0.2, 0.25) is 0 Å². The zero-order valence-electron chi connectivity index (χ0n) is 6.25. The smallest absolute Gasteiger partial charge is 0.387 e. The van der Waals surface area contributed by atoms with E-state index in [1.54, 1.807) is 0 Å². The number of carbonyl (C=O) groups excluding carboxylic acids is 1. The maximum Gasteiger partial charge on any atom is 0.387 e. The molecule has 0 aliphatic carbocycles. The average Bonchev–Trinajstić information content (AvgIpc) is 1.99. The van der Waals surface area contributed by atoms with E-state index in [-0.39, 0.29) is 13.2 Å². The molecule has 0 saturated heterocycles. The van der Waals surface area contributed by atoms with Crippen LogP contribution in [0, 0.1) is 6.57 Å². The lowest BCUT2D eigenvalue weighted by atomic mass is 10.3. The highest BCUT2D eigenvalue weighted by atomic mass is 16.5. The Kier molecular flexibility index (Phi) is 6.34. The molecule has 4 nitrogen and oxygen atoms in total. The summed E-state index contributed by atoms with van der Waals surface area (Å²) in [5.74, 6) is -0.488. The van der Waals surface area contributed by atoms with Gasteiger partial charge in [-0.25, -0.2) is 11.4 Å². The molecule has 0 rings (SSSR count). The van der Waals surface area contributed by atoms with Gasteiger partial charge in [-0.05, 0) is 12.8 Å². The van der Waals surface area contributed by atoms with E-state index in [4.69, 9.17) is 11.7 Å². The Morgan fingerprint density at radius 2 is 2.27 bits per heavy atom. The Hall–Kier alpha value is -1.08. The monoisotopic (exact) mass is 157 g/mol. The van der Waals surface area contributed by atoms with Crippen LogP contribution in [0.25, 0.3) is 4.85 Å². The predicted molar refractivity (Wildman–Crippen MR) is 38.7 cm³/mol. The van der Waals surface area contributed by atoms with Crippen LogP contribution in [0.15, 0.2) is 0 Å². The Morgan fingerprint density at radius 3 is 2.82 bits per heavy atom. The van der Waals surface area contributed by atoms with Gasteiger partial charge < -0.3 is 14.7 Å². The Bertz CT molecular complexity index is 150. The highest BCUT2D eigenvalue weighted by Gasteiger charge is 2.03. The van der Waals surface area contributed by atoms with Gasteiger partial charge >= 0.3 is 12.5 Å². The van der Waals surface area contributed by atoms with Crippen molar-refractivity contribution in [2.75, 3.05) is 19.8 Å². The molecule has 4 heteroatoms. The van der Waals surface area contributed by atoms with Gasteiger partial charge in [-0.1, -0.05) is 0 Å². The minimum Gasteiger partial charge on any atom is -0.460 e. The van der Waals surface area contributed by atoms with Gasteiger partial charge in [-0.2, -0.15) is 0 Å². The van der Waals surface area contributed by atoms with Crippen LogP contribution in [-0.4, -0.2) is 30.8 Å². The predicted octanol–water partition coefficient (Wildman–Crippen LogP) is 0.221. The molecule has 11 heavy (non-hydrogen) atoms. The third-order valence-electron chi connectivity index (χ3n) is 1.02. The Balaban J connectivity index is 3.12. The van der Waals surface area contributed by atoms with Crippen LogP contribution >= 0.6 is 0 Å². The first-order valence-corrected chi connectivity index (χ1v) is 3.41. The summed E-state index contributed by atoms with van der Waals surface area (Å²) in [5.41, 5.74) is 0. The number of carbonyl (C=O) groups is 1. The van der Waals surface area contributed by atoms with Crippen LogP contribution < -0.4 is 0 Å². The molecule has 0 aromatic heterocycles. The Labute approximate surface area is 65.6 Å². The molecule has 0 unspecified atom stereocenters. The zero-order chi connectivity index (χ0) is 8.53. The molecule has 0 radical (unpaired) electrons. The van der Waals surface area contributed by atoms with Crippen molar-refractivity contribution in [3.63, 3.8) is 0 Å². The molecule has 62 valence electrons. The van der Waals surface area contributed by atoms with Crippen molar-refractivity contribution >= 4 is 5.97 Å². The second kappa shape index (κ2) is 7.03. The van der Waals surface area contributed by atoms with E-state index in [9.17, 15) is 4.79 Å². The summed E-state index contributed by atoms with van der Waals surface area (Å²) in [6.45, 7) is 6.54. The SMILES string of the molecule is [C-]#[N+]CC(=O)OCCCCO. The van der Waals surface area contributed by atoms with Gasteiger partial charge in [0.15, 0.2) is 0 Å². The topological polar surface area (TPSA) is 50.9 Å². The second-order valence-corrected chi connectivity index (χ2v) is 1.97. The highest BCUT2D eigenvalue weighted by Crippen LogP contribution is 1.89. The number of aliphatic hydroxyl groups is 1. The number of unbranched alkanes of at least 4 members (excludes halogenated alkanes) is 1. The fraction of sp³-hybridized carbons (Fsp3) is 0.714. The van der Waals surface area contributed by atoms with Crippen molar-refractivity contribution in [3.8, 4) is 0 Å². The molecular formula is C7H11NO3. The van der Waals surface area contributed by atoms with Crippen molar-refractivity contribution in [1.29, 1.82) is 0 Å². The lowest BCUT2D eigenvalue weighted by Crippen LogP contribution is -2.08. The van der Waals surface area contributed by atoms with Gasteiger partial charge in [-0.15, -0.1) is 0 Å².